The van der Waals surface area contributed by atoms with Gasteiger partial charge in [0.25, 0.3) is 17.3 Å². The molecule has 0 radical (unpaired) electrons. The molecular formula is C18H9F6N5O5. The van der Waals surface area contributed by atoms with Crippen molar-refractivity contribution in [3.05, 3.63) is 85.7 Å². The molecule has 0 saturated heterocycles. The molecule has 2 aromatic carbocycles. The first-order valence-electron chi connectivity index (χ1n) is 8.77. The van der Waals surface area contributed by atoms with Gasteiger partial charge in [-0.05, 0) is 24.3 Å². The van der Waals surface area contributed by atoms with Crippen LogP contribution in [0, 0.1) is 20.2 Å². The largest absolute Gasteiger partial charge is 0.435 e. The maximum Gasteiger partial charge on any atom is 0.435 e. The van der Waals surface area contributed by atoms with Crippen LogP contribution in [-0.2, 0) is 12.4 Å². The number of anilines is 1. The van der Waals surface area contributed by atoms with Gasteiger partial charge in [0.15, 0.2) is 5.69 Å². The Labute approximate surface area is 183 Å². The normalized spacial score (nSPS) is 11.8. The van der Waals surface area contributed by atoms with Crippen LogP contribution in [0.3, 0.4) is 0 Å². The van der Waals surface area contributed by atoms with Crippen LogP contribution in [0.1, 0.15) is 21.7 Å². The third-order valence-corrected chi connectivity index (χ3v) is 4.25. The number of aromatic nitrogens is 2. The van der Waals surface area contributed by atoms with Crippen LogP contribution >= 0.6 is 0 Å². The van der Waals surface area contributed by atoms with E-state index in [0.29, 0.717) is 6.07 Å². The Morgan fingerprint density at radius 1 is 0.853 bits per heavy atom. The summed E-state index contributed by atoms with van der Waals surface area (Å²) in [5.41, 5.74) is -5.83. The molecule has 0 spiro atoms. The van der Waals surface area contributed by atoms with Gasteiger partial charge in [-0.2, -0.15) is 31.4 Å². The number of nitro groups is 2. The number of nitrogens with zero attached hydrogens (tertiary/aromatic N) is 4. The number of carbonyl (C=O) groups excluding carboxylic acids is 1. The van der Waals surface area contributed by atoms with Crippen LogP contribution < -0.4 is 5.32 Å². The molecule has 3 aromatic rings. The molecule has 10 nitrogen and oxygen atoms in total. The molecule has 1 N–H and O–H groups in total. The van der Waals surface area contributed by atoms with Gasteiger partial charge in [0.2, 0.25) is 0 Å². The van der Waals surface area contributed by atoms with E-state index in [1.165, 1.54) is 0 Å². The van der Waals surface area contributed by atoms with E-state index in [1.54, 1.807) is 0 Å². The molecule has 1 heterocycles. The SMILES string of the molecule is O=C(Nc1ccc(-n2nc(C(F)(F)F)cc2C(F)(F)F)cc1)c1cc([N+](=O)[O-])cc([N+](=O)[O-])c1. The number of non-ortho nitro benzene ring substituents is 2. The molecule has 0 fully saturated rings. The Balaban J connectivity index is 1.91. The van der Waals surface area contributed by atoms with Crippen molar-refractivity contribution in [3.63, 3.8) is 0 Å². The first-order chi connectivity index (χ1) is 15.7. The predicted molar refractivity (Wildman–Crippen MR) is 101 cm³/mol. The Morgan fingerprint density at radius 2 is 1.38 bits per heavy atom. The number of benzene rings is 2. The number of hydrogen-bond donors (Lipinski definition) is 1. The summed E-state index contributed by atoms with van der Waals surface area (Å²) in [4.78, 5) is 32.3. The molecule has 16 heteroatoms. The monoisotopic (exact) mass is 489 g/mol. The van der Waals surface area contributed by atoms with E-state index >= 15 is 0 Å². The smallest absolute Gasteiger partial charge is 0.322 e. The minimum absolute atomic E-state index is 0.0400. The molecular weight excluding hydrogens is 480 g/mol. The summed E-state index contributed by atoms with van der Waals surface area (Å²) >= 11 is 0. The lowest BCUT2D eigenvalue weighted by Gasteiger charge is -2.11. The quantitative estimate of drug-likeness (QED) is 0.305. The third-order valence-electron chi connectivity index (χ3n) is 4.25. The van der Waals surface area contributed by atoms with E-state index in [0.717, 1.165) is 36.4 Å². The van der Waals surface area contributed by atoms with E-state index in [1.807, 2.05) is 0 Å². The van der Waals surface area contributed by atoms with Crippen LogP contribution in [-0.4, -0.2) is 25.5 Å². The van der Waals surface area contributed by atoms with Gasteiger partial charge in [0, 0.05) is 23.9 Å². The van der Waals surface area contributed by atoms with E-state index in [-0.39, 0.29) is 16.4 Å². The van der Waals surface area contributed by atoms with Crippen molar-refractivity contribution in [2.75, 3.05) is 5.32 Å². The molecule has 1 aromatic heterocycles. The van der Waals surface area contributed by atoms with E-state index in [9.17, 15) is 51.4 Å². The van der Waals surface area contributed by atoms with Crippen LogP contribution in [0.25, 0.3) is 5.69 Å². The summed E-state index contributed by atoms with van der Waals surface area (Å²) in [7, 11) is 0. The van der Waals surface area contributed by atoms with E-state index in [4.69, 9.17) is 0 Å². The number of halogens is 6. The number of alkyl halides is 6. The van der Waals surface area contributed by atoms with Crippen molar-refractivity contribution in [2.45, 2.75) is 12.4 Å². The van der Waals surface area contributed by atoms with E-state index in [2.05, 4.69) is 10.4 Å². The molecule has 0 aliphatic rings. The van der Waals surface area contributed by atoms with Crippen molar-refractivity contribution in [3.8, 4) is 5.69 Å². The Kier molecular flexibility index (Phi) is 6.00. The summed E-state index contributed by atoms with van der Waals surface area (Å²) in [6.45, 7) is 0. The molecule has 0 atom stereocenters. The fourth-order valence-electron chi connectivity index (χ4n) is 2.74. The molecule has 0 saturated carbocycles. The molecule has 3 rings (SSSR count). The van der Waals surface area contributed by atoms with Crippen LogP contribution in [0.4, 0.5) is 43.4 Å². The van der Waals surface area contributed by atoms with Gasteiger partial charge in [0.1, 0.15) is 5.69 Å². The minimum atomic E-state index is -5.15. The fourth-order valence-corrected chi connectivity index (χ4v) is 2.74. The van der Waals surface area contributed by atoms with Gasteiger partial charge in [-0.15, -0.1) is 0 Å². The average molecular weight is 489 g/mol. The van der Waals surface area contributed by atoms with Crippen molar-refractivity contribution in [2.24, 2.45) is 0 Å². The van der Waals surface area contributed by atoms with Crippen molar-refractivity contribution < 1.29 is 41.0 Å². The first kappa shape index (κ1) is 24.1. The van der Waals surface area contributed by atoms with Gasteiger partial charge >= 0.3 is 12.4 Å². The number of nitrogens with one attached hydrogen (secondary N) is 1. The molecule has 0 bridgehead atoms. The van der Waals surface area contributed by atoms with Crippen LogP contribution in [0.2, 0.25) is 0 Å². The molecule has 1 amide bonds. The van der Waals surface area contributed by atoms with Crippen molar-refractivity contribution in [1.82, 2.24) is 9.78 Å². The lowest BCUT2D eigenvalue weighted by Crippen LogP contribution is -2.14. The molecule has 0 aliphatic heterocycles. The highest BCUT2D eigenvalue weighted by molar-refractivity contribution is 6.05. The summed E-state index contributed by atoms with van der Waals surface area (Å²) in [6, 6.07) is 5.99. The second kappa shape index (κ2) is 8.45. The van der Waals surface area contributed by atoms with Gasteiger partial charge in [-0.3, -0.25) is 25.0 Å². The Morgan fingerprint density at radius 3 is 1.82 bits per heavy atom. The van der Waals surface area contributed by atoms with Gasteiger partial charge < -0.3 is 5.32 Å². The topological polar surface area (TPSA) is 133 Å². The number of nitro benzene ring substituents is 2. The Bertz CT molecular complexity index is 1250. The summed E-state index contributed by atoms with van der Waals surface area (Å²) in [5.74, 6) is -1.02. The highest BCUT2D eigenvalue weighted by Crippen LogP contribution is 2.36. The van der Waals surface area contributed by atoms with Gasteiger partial charge in [0.05, 0.1) is 27.2 Å². The number of rotatable bonds is 5. The standard InChI is InChI=1S/C18H9F6N5O5/c19-17(20,21)14-8-15(18(22,23)24)27(26-14)11-3-1-10(2-4-11)25-16(30)9-5-12(28(31)32)7-13(6-9)29(33)34/h1-8H,(H,25,30). The maximum absolute atomic E-state index is 13.2. The minimum Gasteiger partial charge on any atom is -0.322 e. The molecule has 0 aliphatic carbocycles. The number of hydrogen-bond acceptors (Lipinski definition) is 6. The number of carbonyl (C=O) groups is 1. The zero-order valence-corrected chi connectivity index (χ0v) is 16.2. The van der Waals surface area contributed by atoms with Gasteiger partial charge in [-0.25, -0.2) is 4.68 Å². The first-order valence-corrected chi connectivity index (χ1v) is 8.77. The third kappa shape index (κ3) is 5.11. The van der Waals surface area contributed by atoms with Gasteiger partial charge in [-0.1, -0.05) is 0 Å². The predicted octanol–water partition coefficient (Wildman–Crippen LogP) is 4.98. The zero-order valence-electron chi connectivity index (χ0n) is 16.2. The fraction of sp³-hybridized carbons (Fsp3) is 0.111. The highest BCUT2D eigenvalue weighted by Gasteiger charge is 2.42. The average Bonchev–Trinajstić information content (AvgIpc) is 3.20. The summed E-state index contributed by atoms with van der Waals surface area (Å²) in [5, 5.41) is 27.1. The van der Waals surface area contributed by atoms with E-state index < -0.39 is 62.1 Å². The second-order valence-electron chi connectivity index (χ2n) is 6.58. The highest BCUT2D eigenvalue weighted by atomic mass is 19.4. The zero-order chi connectivity index (χ0) is 25.4. The molecule has 0 unspecified atom stereocenters. The lowest BCUT2D eigenvalue weighted by atomic mass is 10.1. The number of amides is 1. The molecule has 178 valence electrons. The maximum atomic E-state index is 13.2. The molecule has 34 heavy (non-hydrogen) atoms. The van der Waals surface area contributed by atoms with Crippen molar-refractivity contribution in [1.29, 1.82) is 0 Å². The lowest BCUT2D eigenvalue weighted by molar-refractivity contribution is -0.394. The summed E-state index contributed by atoms with van der Waals surface area (Å²) < 4.78 is 78.1. The summed E-state index contributed by atoms with van der Waals surface area (Å²) in [6.07, 6.45) is -10.3. The van der Waals surface area contributed by atoms with Crippen LogP contribution in [0.5, 0.6) is 0 Å². The van der Waals surface area contributed by atoms with Crippen molar-refractivity contribution >= 4 is 23.0 Å². The second-order valence-corrected chi connectivity index (χ2v) is 6.58. The Hall–Kier alpha value is -4.50. The van der Waals surface area contributed by atoms with Crippen LogP contribution in [0.15, 0.2) is 48.5 Å².